The number of imidazole rings is 1. The molecule has 1 N–H and O–H groups in total. The summed E-state index contributed by atoms with van der Waals surface area (Å²) in [6.45, 7) is 0.561. The molecule has 0 bridgehead atoms. The second-order valence-corrected chi connectivity index (χ2v) is 3.44. The van der Waals surface area contributed by atoms with Gasteiger partial charge in [-0.1, -0.05) is 0 Å². The molecule has 0 unspecified atom stereocenters. The monoisotopic (exact) mass is 222 g/mol. The zero-order valence-electron chi connectivity index (χ0n) is 8.77. The second kappa shape index (κ2) is 4.26. The number of H-pyrrole nitrogens is 1. The molecule has 0 saturated heterocycles. The second-order valence-electron chi connectivity index (χ2n) is 3.44. The lowest BCUT2D eigenvalue weighted by Gasteiger charge is -2.12. The van der Waals surface area contributed by atoms with Gasteiger partial charge in [-0.2, -0.15) is 14.4 Å². The molecule has 0 aliphatic heterocycles. The van der Waals surface area contributed by atoms with Crippen molar-refractivity contribution < 1.29 is 9.18 Å². The lowest BCUT2D eigenvalue weighted by molar-refractivity contribution is -0.107. The maximum Gasteiger partial charge on any atom is 0.215 e. The van der Waals surface area contributed by atoms with E-state index in [-0.39, 0.29) is 0 Å². The summed E-state index contributed by atoms with van der Waals surface area (Å²) < 4.78 is 12.8. The smallest absolute Gasteiger partial charge is 0.215 e. The summed E-state index contributed by atoms with van der Waals surface area (Å²) in [5.41, 5.74) is 1.02. The van der Waals surface area contributed by atoms with Crippen LogP contribution >= 0.6 is 0 Å². The van der Waals surface area contributed by atoms with Crippen LogP contribution in [0.15, 0.2) is 12.1 Å². The van der Waals surface area contributed by atoms with Gasteiger partial charge in [0, 0.05) is 20.0 Å². The molecule has 0 fully saturated rings. The molecule has 0 aliphatic rings. The molecule has 6 heteroatoms. The molecule has 2 heterocycles. The predicted octanol–water partition coefficient (Wildman–Crippen LogP) is 1.12. The van der Waals surface area contributed by atoms with E-state index in [0.717, 1.165) is 6.29 Å². The van der Waals surface area contributed by atoms with Crippen LogP contribution in [0.5, 0.6) is 0 Å². The molecule has 0 aliphatic carbocycles. The van der Waals surface area contributed by atoms with Crippen LogP contribution in [0.4, 0.5) is 10.3 Å². The summed E-state index contributed by atoms with van der Waals surface area (Å²) in [5.74, 6) is 0.0241. The number of rotatable bonds is 4. The molecule has 0 saturated carbocycles. The van der Waals surface area contributed by atoms with E-state index in [2.05, 4.69) is 15.0 Å². The Bertz CT molecular complexity index is 510. The Morgan fingerprint density at radius 2 is 2.31 bits per heavy atom. The minimum Gasteiger partial charge on any atom is -0.345 e. The highest BCUT2D eigenvalue weighted by Gasteiger charge is 2.08. The van der Waals surface area contributed by atoms with Gasteiger partial charge in [0.1, 0.15) is 6.29 Å². The normalized spacial score (nSPS) is 10.6. The minimum absolute atomic E-state index is 0.341. The number of carbonyl (C=O) groups excluding carboxylic acids is 1. The van der Waals surface area contributed by atoms with E-state index in [0.29, 0.717) is 30.1 Å². The van der Waals surface area contributed by atoms with E-state index >= 15 is 0 Å². The van der Waals surface area contributed by atoms with Crippen LogP contribution in [0, 0.1) is 5.95 Å². The predicted molar refractivity (Wildman–Crippen MR) is 57.8 cm³/mol. The topological polar surface area (TPSA) is 61.9 Å². The third kappa shape index (κ3) is 2.00. The first-order valence-electron chi connectivity index (χ1n) is 4.88. The van der Waals surface area contributed by atoms with Crippen molar-refractivity contribution in [1.29, 1.82) is 0 Å². The number of aromatic amines is 1. The molecule has 0 aromatic carbocycles. The van der Waals surface area contributed by atoms with Gasteiger partial charge in [0.05, 0.1) is 5.52 Å². The fraction of sp³-hybridized carbons (Fsp3) is 0.300. The van der Waals surface area contributed by atoms with E-state index in [1.165, 1.54) is 6.07 Å². The van der Waals surface area contributed by atoms with Crippen LogP contribution in [0.25, 0.3) is 11.2 Å². The van der Waals surface area contributed by atoms with Crippen molar-refractivity contribution in [3.63, 3.8) is 0 Å². The first kappa shape index (κ1) is 10.5. The average Bonchev–Trinajstić information content (AvgIpc) is 2.68. The van der Waals surface area contributed by atoms with Crippen molar-refractivity contribution in [3.8, 4) is 0 Å². The van der Waals surface area contributed by atoms with Gasteiger partial charge in [0.25, 0.3) is 0 Å². The van der Waals surface area contributed by atoms with Gasteiger partial charge in [0.2, 0.25) is 11.9 Å². The summed E-state index contributed by atoms with van der Waals surface area (Å²) in [6, 6.07) is 2.86. The molecule has 0 amide bonds. The van der Waals surface area contributed by atoms with E-state index in [4.69, 9.17) is 0 Å². The fourth-order valence-corrected chi connectivity index (χ4v) is 1.39. The molecule has 0 spiro atoms. The molecule has 5 nitrogen and oxygen atoms in total. The number of carbonyl (C=O) groups is 1. The highest BCUT2D eigenvalue weighted by molar-refractivity contribution is 5.73. The van der Waals surface area contributed by atoms with Crippen LogP contribution in [-0.4, -0.2) is 34.8 Å². The summed E-state index contributed by atoms with van der Waals surface area (Å²) >= 11 is 0. The summed E-state index contributed by atoms with van der Waals surface area (Å²) in [6.07, 6.45) is 1.27. The van der Waals surface area contributed by atoms with Crippen LogP contribution in [0.1, 0.15) is 6.42 Å². The number of hydrogen-bond acceptors (Lipinski definition) is 4. The van der Waals surface area contributed by atoms with Crippen LogP contribution in [0.3, 0.4) is 0 Å². The van der Waals surface area contributed by atoms with E-state index in [9.17, 15) is 9.18 Å². The SMILES string of the molecule is CN(CCC=O)c1nc2nc(F)ccc2[nH]1. The summed E-state index contributed by atoms with van der Waals surface area (Å²) in [7, 11) is 1.80. The largest absolute Gasteiger partial charge is 0.345 e. The molecule has 84 valence electrons. The highest BCUT2D eigenvalue weighted by atomic mass is 19.1. The van der Waals surface area contributed by atoms with Gasteiger partial charge in [-0.15, -0.1) is 0 Å². The number of halogens is 1. The zero-order chi connectivity index (χ0) is 11.5. The summed E-state index contributed by atoms with van der Waals surface area (Å²) in [4.78, 5) is 22.8. The van der Waals surface area contributed by atoms with Gasteiger partial charge < -0.3 is 14.7 Å². The van der Waals surface area contributed by atoms with Crippen molar-refractivity contribution in [2.75, 3.05) is 18.5 Å². The number of anilines is 1. The number of pyridine rings is 1. The van der Waals surface area contributed by atoms with Gasteiger partial charge in [0.15, 0.2) is 5.65 Å². The molecule has 0 atom stereocenters. The minimum atomic E-state index is -0.555. The Morgan fingerprint density at radius 1 is 1.50 bits per heavy atom. The number of aromatic nitrogens is 3. The number of hydrogen-bond donors (Lipinski definition) is 1. The molecular formula is C10H11FN4O. The lowest BCUT2D eigenvalue weighted by Crippen LogP contribution is -2.19. The molecule has 2 aromatic heterocycles. The Labute approximate surface area is 91.3 Å². The lowest BCUT2D eigenvalue weighted by atomic mass is 10.4. The van der Waals surface area contributed by atoms with Crippen molar-refractivity contribution in [1.82, 2.24) is 15.0 Å². The molecule has 16 heavy (non-hydrogen) atoms. The maximum absolute atomic E-state index is 12.8. The first-order chi connectivity index (χ1) is 7.70. The number of nitrogens with one attached hydrogen (secondary N) is 1. The molecule has 2 rings (SSSR count). The Kier molecular flexibility index (Phi) is 2.80. The third-order valence-corrected chi connectivity index (χ3v) is 2.24. The van der Waals surface area contributed by atoms with E-state index in [1.54, 1.807) is 18.0 Å². The Morgan fingerprint density at radius 3 is 3.06 bits per heavy atom. The van der Waals surface area contributed by atoms with Gasteiger partial charge in [-0.25, -0.2) is 0 Å². The van der Waals surface area contributed by atoms with Crippen LogP contribution in [-0.2, 0) is 4.79 Å². The van der Waals surface area contributed by atoms with Crippen molar-refractivity contribution in [3.05, 3.63) is 18.1 Å². The molecular weight excluding hydrogens is 211 g/mol. The Hall–Kier alpha value is -1.98. The standard InChI is InChI=1S/C10H11FN4O/c1-15(5-2-6-16)10-12-7-3-4-8(11)13-9(7)14-10/h3-4,6H,2,5H2,1H3,(H,12,13,14). The maximum atomic E-state index is 12.8. The third-order valence-electron chi connectivity index (χ3n) is 2.24. The van der Waals surface area contributed by atoms with Gasteiger partial charge >= 0.3 is 0 Å². The fourth-order valence-electron chi connectivity index (χ4n) is 1.39. The highest BCUT2D eigenvalue weighted by Crippen LogP contribution is 2.14. The van der Waals surface area contributed by atoms with Crippen LogP contribution < -0.4 is 4.90 Å². The number of fused-ring (bicyclic) bond motifs is 1. The first-order valence-corrected chi connectivity index (χ1v) is 4.88. The molecule has 0 radical (unpaired) electrons. The van der Waals surface area contributed by atoms with E-state index in [1.807, 2.05) is 0 Å². The molecule has 2 aromatic rings. The van der Waals surface area contributed by atoms with Crippen molar-refractivity contribution >= 4 is 23.4 Å². The van der Waals surface area contributed by atoms with Crippen LogP contribution in [0.2, 0.25) is 0 Å². The number of aldehydes is 1. The van der Waals surface area contributed by atoms with Gasteiger partial charge in [-0.05, 0) is 12.1 Å². The number of nitrogens with zero attached hydrogens (tertiary/aromatic N) is 3. The average molecular weight is 222 g/mol. The van der Waals surface area contributed by atoms with Gasteiger partial charge in [-0.3, -0.25) is 0 Å². The quantitative estimate of drug-likeness (QED) is 0.622. The summed E-state index contributed by atoms with van der Waals surface area (Å²) in [5, 5.41) is 0. The van der Waals surface area contributed by atoms with E-state index < -0.39 is 5.95 Å². The zero-order valence-corrected chi connectivity index (χ0v) is 8.77. The van der Waals surface area contributed by atoms with Crippen molar-refractivity contribution in [2.45, 2.75) is 6.42 Å². The Balaban J connectivity index is 2.28. The van der Waals surface area contributed by atoms with Crippen molar-refractivity contribution in [2.24, 2.45) is 0 Å².